The van der Waals surface area contributed by atoms with Crippen LogP contribution in [0.2, 0.25) is 0 Å². The Morgan fingerprint density at radius 3 is 2.93 bits per heavy atom. The number of nitrogens with zero attached hydrogens (tertiary/aromatic N) is 2. The first-order chi connectivity index (χ1) is 7.27. The molecule has 0 fully saturated rings. The smallest absolute Gasteiger partial charge is 0.147 e. The summed E-state index contributed by atoms with van der Waals surface area (Å²) in [4.78, 5) is 7.83. The first kappa shape index (κ1) is 10.2. The van der Waals surface area contributed by atoms with Crippen LogP contribution in [-0.2, 0) is 6.42 Å². The van der Waals surface area contributed by atoms with Crippen molar-refractivity contribution in [2.75, 3.05) is 0 Å². The lowest BCUT2D eigenvalue weighted by atomic mass is 10.1. The number of hydrogen-bond acceptors (Lipinski definition) is 4. The molecule has 0 saturated heterocycles. The lowest BCUT2D eigenvalue weighted by Gasteiger charge is -2.08. The van der Waals surface area contributed by atoms with Crippen LogP contribution in [0, 0.1) is 5.82 Å². The lowest BCUT2D eigenvalue weighted by Crippen LogP contribution is -2.06. The van der Waals surface area contributed by atoms with Crippen LogP contribution in [0.25, 0.3) is 0 Å². The lowest BCUT2D eigenvalue weighted by molar-refractivity contribution is 0.168. The second-order valence-electron chi connectivity index (χ2n) is 3.02. The third kappa shape index (κ3) is 2.37. The molecule has 15 heavy (non-hydrogen) atoms. The Morgan fingerprint density at radius 2 is 2.27 bits per heavy atom. The zero-order valence-corrected chi connectivity index (χ0v) is 8.62. The molecule has 0 spiro atoms. The van der Waals surface area contributed by atoms with Gasteiger partial charge >= 0.3 is 0 Å². The standard InChI is InChI=1S/C10H9FN2OS/c11-7-2-1-3-13-10(7)8(14)6-9-12-4-5-15-9/h1-5,8,14H,6H2. The molecule has 1 unspecified atom stereocenters. The maximum atomic E-state index is 13.2. The number of aromatic nitrogens is 2. The van der Waals surface area contributed by atoms with Crippen LogP contribution in [-0.4, -0.2) is 15.1 Å². The Balaban J connectivity index is 2.15. The SMILES string of the molecule is OC(Cc1nccs1)c1ncccc1F. The average Bonchev–Trinajstić information content (AvgIpc) is 2.71. The Morgan fingerprint density at radius 1 is 1.40 bits per heavy atom. The summed E-state index contributed by atoms with van der Waals surface area (Å²) in [5, 5.41) is 12.3. The number of hydrogen-bond donors (Lipinski definition) is 1. The van der Waals surface area contributed by atoms with E-state index in [-0.39, 0.29) is 5.69 Å². The molecule has 0 radical (unpaired) electrons. The summed E-state index contributed by atoms with van der Waals surface area (Å²) in [5.74, 6) is -0.485. The van der Waals surface area contributed by atoms with Crippen molar-refractivity contribution in [3.8, 4) is 0 Å². The molecule has 2 heterocycles. The van der Waals surface area contributed by atoms with E-state index in [0.717, 1.165) is 5.01 Å². The molecule has 3 nitrogen and oxygen atoms in total. The van der Waals surface area contributed by atoms with E-state index >= 15 is 0 Å². The van der Waals surface area contributed by atoms with Gasteiger partial charge in [-0.25, -0.2) is 9.37 Å². The Bertz CT molecular complexity index is 433. The fourth-order valence-electron chi connectivity index (χ4n) is 1.26. The van der Waals surface area contributed by atoms with Gasteiger partial charge in [0.25, 0.3) is 0 Å². The van der Waals surface area contributed by atoms with Crippen molar-refractivity contribution in [1.82, 2.24) is 9.97 Å². The van der Waals surface area contributed by atoms with Crippen LogP contribution in [0.15, 0.2) is 29.9 Å². The summed E-state index contributed by atoms with van der Waals surface area (Å²) < 4.78 is 13.2. The summed E-state index contributed by atoms with van der Waals surface area (Å²) in [6.45, 7) is 0. The predicted molar refractivity (Wildman–Crippen MR) is 55.0 cm³/mol. The van der Waals surface area contributed by atoms with Crippen molar-refractivity contribution in [2.45, 2.75) is 12.5 Å². The molecule has 2 rings (SSSR count). The van der Waals surface area contributed by atoms with Gasteiger partial charge in [0.1, 0.15) is 17.6 Å². The fraction of sp³-hybridized carbons (Fsp3) is 0.200. The quantitative estimate of drug-likeness (QED) is 0.866. The van der Waals surface area contributed by atoms with E-state index in [1.807, 2.05) is 5.38 Å². The second-order valence-corrected chi connectivity index (χ2v) is 4.00. The number of halogens is 1. The van der Waals surface area contributed by atoms with Gasteiger partial charge in [-0.15, -0.1) is 11.3 Å². The molecule has 1 atom stereocenters. The molecule has 0 aromatic carbocycles. The molecule has 0 bridgehead atoms. The minimum Gasteiger partial charge on any atom is -0.386 e. The topological polar surface area (TPSA) is 46.0 Å². The maximum Gasteiger partial charge on any atom is 0.147 e. The summed E-state index contributed by atoms with van der Waals surface area (Å²) >= 11 is 1.43. The van der Waals surface area contributed by atoms with Crippen molar-refractivity contribution in [1.29, 1.82) is 0 Å². The Hall–Kier alpha value is -1.33. The first-order valence-electron chi connectivity index (χ1n) is 4.44. The van der Waals surface area contributed by atoms with E-state index in [9.17, 15) is 9.50 Å². The fourth-order valence-corrected chi connectivity index (χ4v) is 1.91. The van der Waals surface area contributed by atoms with Crippen LogP contribution in [0.5, 0.6) is 0 Å². The number of rotatable bonds is 3. The molecule has 2 aromatic rings. The highest BCUT2D eigenvalue weighted by molar-refractivity contribution is 7.09. The minimum atomic E-state index is -0.933. The van der Waals surface area contributed by atoms with Gasteiger partial charge in [0.15, 0.2) is 0 Å². The zero-order chi connectivity index (χ0) is 10.7. The van der Waals surface area contributed by atoms with E-state index < -0.39 is 11.9 Å². The van der Waals surface area contributed by atoms with Gasteiger partial charge in [0.2, 0.25) is 0 Å². The monoisotopic (exact) mass is 224 g/mol. The van der Waals surface area contributed by atoms with Crippen LogP contribution in [0.3, 0.4) is 0 Å². The minimum absolute atomic E-state index is 0.0766. The number of aliphatic hydroxyl groups is 1. The summed E-state index contributed by atoms with van der Waals surface area (Å²) in [6.07, 6.45) is 2.48. The number of thiazole rings is 1. The molecule has 0 amide bonds. The van der Waals surface area contributed by atoms with Crippen molar-refractivity contribution >= 4 is 11.3 Å². The number of aliphatic hydroxyl groups excluding tert-OH is 1. The summed E-state index contributed by atoms with van der Waals surface area (Å²) in [5.41, 5.74) is 0.0766. The van der Waals surface area contributed by atoms with Gasteiger partial charge in [-0.05, 0) is 12.1 Å². The van der Waals surface area contributed by atoms with Gasteiger partial charge in [0, 0.05) is 24.2 Å². The van der Waals surface area contributed by atoms with Crippen LogP contribution in [0.1, 0.15) is 16.8 Å². The first-order valence-corrected chi connectivity index (χ1v) is 5.32. The van der Waals surface area contributed by atoms with Crippen molar-refractivity contribution < 1.29 is 9.50 Å². The molecular weight excluding hydrogens is 215 g/mol. The van der Waals surface area contributed by atoms with E-state index in [0.29, 0.717) is 6.42 Å². The second kappa shape index (κ2) is 4.46. The number of pyridine rings is 1. The van der Waals surface area contributed by atoms with Gasteiger partial charge in [-0.1, -0.05) is 0 Å². The Labute approximate surface area is 90.3 Å². The molecule has 0 aliphatic rings. The van der Waals surface area contributed by atoms with Crippen molar-refractivity contribution in [3.05, 3.63) is 46.4 Å². The summed E-state index contributed by atoms with van der Waals surface area (Å²) in [7, 11) is 0. The zero-order valence-electron chi connectivity index (χ0n) is 7.80. The maximum absolute atomic E-state index is 13.2. The van der Waals surface area contributed by atoms with Gasteiger partial charge in [-0.2, -0.15) is 0 Å². The Kier molecular flexibility index (Phi) is 3.03. The average molecular weight is 224 g/mol. The predicted octanol–water partition coefficient (Wildman–Crippen LogP) is 1.95. The molecule has 5 heteroatoms. The molecule has 1 N–H and O–H groups in total. The molecule has 0 aliphatic heterocycles. The van der Waals surface area contributed by atoms with E-state index in [1.54, 1.807) is 6.20 Å². The highest BCUT2D eigenvalue weighted by atomic mass is 32.1. The van der Waals surface area contributed by atoms with E-state index in [4.69, 9.17) is 0 Å². The molecular formula is C10H9FN2OS. The third-order valence-corrected chi connectivity index (χ3v) is 2.76. The van der Waals surface area contributed by atoms with Gasteiger partial charge < -0.3 is 5.11 Å². The van der Waals surface area contributed by atoms with E-state index in [1.165, 1.54) is 29.7 Å². The van der Waals surface area contributed by atoms with Crippen LogP contribution < -0.4 is 0 Å². The largest absolute Gasteiger partial charge is 0.386 e. The molecule has 0 saturated carbocycles. The molecule has 78 valence electrons. The highest BCUT2D eigenvalue weighted by Gasteiger charge is 2.15. The third-order valence-electron chi connectivity index (χ3n) is 1.95. The van der Waals surface area contributed by atoms with Gasteiger partial charge in [-0.3, -0.25) is 4.98 Å². The van der Waals surface area contributed by atoms with Crippen LogP contribution in [0.4, 0.5) is 4.39 Å². The molecule has 2 aromatic heterocycles. The van der Waals surface area contributed by atoms with E-state index in [2.05, 4.69) is 9.97 Å². The van der Waals surface area contributed by atoms with Crippen LogP contribution >= 0.6 is 11.3 Å². The van der Waals surface area contributed by atoms with Crippen molar-refractivity contribution in [3.63, 3.8) is 0 Å². The highest BCUT2D eigenvalue weighted by Crippen LogP contribution is 2.19. The molecule has 0 aliphatic carbocycles. The normalized spacial score (nSPS) is 12.7. The summed E-state index contributed by atoms with van der Waals surface area (Å²) in [6, 6.07) is 2.78. The van der Waals surface area contributed by atoms with Crippen molar-refractivity contribution in [2.24, 2.45) is 0 Å². The van der Waals surface area contributed by atoms with Gasteiger partial charge in [0.05, 0.1) is 5.01 Å².